The molecule has 0 unspecified atom stereocenters. The quantitative estimate of drug-likeness (QED) is 0.565. The predicted octanol–water partition coefficient (Wildman–Crippen LogP) is 4.40. The van der Waals surface area contributed by atoms with Gasteiger partial charge in [0.2, 0.25) is 0 Å². The second-order valence-corrected chi connectivity index (χ2v) is 6.13. The number of rotatable bonds is 3. The smallest absolute Gasteiger partial charge is 0.0892 e. The summed E-state index contributed by atoms with van der Waals surface area (Å²) in [5, 5.41) is 14.2. The predicted molar refractivity (Wildman–Crippen MR) is 93.3 cm³/mol. The summed E-state index contributed by atoms with van der Waals surface area (Å²) in [6.07, 6.45) is 3.97. The van der Waals surface area contributed by atoms with Crippen molar-refractivity contribution < 1.29 is 5.21 Å². The van der Waals surface area contributed by atoms with Crippen molar-refractivity contribution in [3.63, 3.8) is 0 Å². The number of para-hydroxylation sites is 1. The second kappa shape index (κ2) is 5.92. The van der Waals surface area contributed by atoms with Crippen molar-refractivity contribution in [1.29, 1.82) is 0 Å². The Kier molecular flexibility index (Phi) is 3.62. The minimum absolute atomic E-state index is 0.834. The zero-order valence-corrected chi connectivity index (χ0v) is 13.1. The van der Waals surface area contributed by atoms with E-state index in [-0.39, 0.29) is 0 Å². The third-order valence-electron chi connectivity index (χ3n) is 4.78. The lowest BCUT2D eigenvalue weighted by Crippen LogP contribution is -2.15. The summed E-state index contributed by atoms with van der Waals surface area (Å²) in [4.78, 5) is 0. The molecule has 0 bridgehead atoms. The fourth-order valence-electron chi connectivity index (χ4n) is 3.73. The van der Waals surface area contributed by atoms with E-state index in [1.165, 1.54) is 22.2 Å². The summed E-state index contributed by atoms with van der Waals surface area (Å²) in [5.74, 6) is 0. The molecule has 1 N–H and O–H groups in total. The molecule has 0 atom stereocenters. The first-order valence-corrected chi connectivity index (χ1v) is 8.24. The topological polar surface area (TPSA) is 37.5 Å². The van der Waals surface area contributed by atoms with Crippen LogP contribution in [0.5, 0.6) is 0 Å². The van der Waals surface area contributed by atoms with E-state index in [0.29, 0.717) is 0 Å². The normalized spacial score (nSPS) is 15.9. The van der Waals surface area contributed by atoms with E-state index in [1.54, 1.807) is 0 Å². The average Bonchev–Trinajstić information content (AvgIpc) is 2.95. The standard InChI is InChI=1S/C20H20N2O/c23-21-17-10-6-12-19-20(17)16-9-4-5-11-18(16)22(19)14-13-15-7-2-1-3-8-15/h1-5,7-9,11,23H,6,10,12-14H2/b21-17+. The van der Waals surface area contributed by atoms with Gasteiger partial charge >= 0.3 is 0 Å². The lowest BCUT2D eigenvalue weighted by molar-refractivity contribution is 0.317. The van der Waals surface area contributed by atoms with E-state index >= 15 is 0 Å². The van der Waals surface area contributed by atoms with E-state index in [4.69, 9.17) is 0 Å². The number of aromatic nitrogens is 1. The van der Waals surface area contributed by atoms with Gasteiger partial charge in [-0.2, -0.15) is 0 Å². The SMILES string of the molecule is O/N=C1\CCCc2c1c1ccccc1n2CCc1ccccc1. The van der Waals surface area contributed by atoms with Gasteiger partial charge in [0.05, 0.1) is 5.71 Å². The maximum atomic E-state index is 9.39. The summed E-state index contributed by atoms with van der Waals surface area (Å²) in [7, 11) is 0. The molecule has 116 valence electrons. The molecule has 3 nitrogen and oxygen atoms in total. The number of hydrogen-bond acceptors (Lipinski definition) is 2. The highest BCUT2D eigenvalue weighted by Gasteiger charge is 2.24. The van der Waals surface area contributed by atoms with E-state index in [2.05, 4.69) is 64.3 Å². The van der Waals surface area contributed by atoms with Gasteiger partial charge in [0.15, 0.2) is 0 Å². The summed E-state index contributed by atoms with van der Waals surface area (Å²) in [5.41, 5.74) is 5.91. The minimum atomic E-state index is 0.834. The zero-order chi connectivity index (χ0) is 15.6. The third-order valence-corrected chi connectivity index (χ3v) is 4.78. The molecule has 23 heavy (non-hydrogen) atoms. The third kappa shape index (κ3) is 2.42. The molecule has 1 aliphatic rings. The maximum Gasteiger partial charge on any atom is 0.0892 e. The summed E-state index contributed by atoms with van der Waals surface area (Å²) < 4.78 is 2.42. The van der Waals surface area contributed by atoms with E-state index in [1.807, 2.05) is 0 Å². The Hall–Kier alpha value is -2.55. The molecule has 1 aliphatic carbocycles. The Morgan fingerprint density at radius 3 is 2.57 bits per heavy atom. The largest absolute Gasteiger partial charge is 0.411 e. The van der Waals surface area contributed by atoms with Gasteiger partial charge < -0.3 is 9.77 Å². The monoisotopic (exact) mass is 304 g/mol. The highest BCUT2D eigenvalue weighted by Crippen LogP contribution is 2.32. The van der Waals surface area contributed by atoms with Crippen LogP contribution in [-0.4, -0.2) is 15.5 Å². The van der Waals surface area contributed by atoms with Crippen molar-refractivity contribution in [2.24, 2.45) is 5.16 Å². The summed E-state index contributed by atoms with van der Waals surface area (Å²) >= 11 is 0. The highest BCUT2D eigenvalue weighted by atomic mass is 16.4. The molecular formula is C20H20N2O. The molecule has 1 aromatic heterocycles. The van der Waals surface area contributed by atoms with Gasteiger partial charge in [0, 0.05) is 28.7 Å². The fraction of sp³-hybridized carbons (Fsp3) is 0.250. The van der Waals surface area contributed by atoms with E-state index in [0.717, 1.165) is 43.5 Å². The zero-order valence-electron chi connectivity index (χ0n) is 13.1. The molecule has 0 saturated heterocycles. The molecule has 3 aromatic rings. The van der Waals surface area contributed by atoms with Crippen LogP contribution in [0.1, 0.15) is 29.7 Å². The van der Waals surface area contributed by atoms with Gasteiger partial charge in [-0.25, -0.2) is 0 Å². The van der Waals surface area contributed by atoms with E-state index in [9.17, 15) is 5.21 Å². The van der Waals surface area contributed by atoms with Gasteiger partial charge in [0.25, 0.3) is 0 Å². The number of nitrogens with zero attached hydrogens (tertiary/aromatic N) is 2. The molecule has 0 saturated carbocycles. The fourth-order valence-corrected chi connectivity index (χ4v) is 3.73. The number of benzene rings is 2. The lowest BCUT2D eigenvalue weighted by atomic mass is 9.93. The maximum absolute atomic E-state index is 9.39. The van der Waals surface area contributed by atoms with Crippen LogP contribution in [0.25, 0.3) is 10.9 Å². The van der Waals surface area contributed by atoms with Crippen molar-refractivity contribution in [2.75, 3.05) is 0 Å². The average molecular weight is 304 g/mol. The first-order chi connectivity index (χ1) is 11.4. The molecule has 1 heterocycles. The van der Waals surface area contributed by atoms with Gasteiger partial charge in [-0.05, 0) is 37.3 Å². The Labute approximate surface area is 135 Å². The molecule has 0 fully saturated rings. The van der Waals surface area contributed by atoms with Crippen LogP contribution in [0.4, 0.5) is 0 Å². The number of oxime groups is 1. The van der Waals surface area contributed by atoms with Gasteiger partial charge in [0.1, 0.15) is 0 Å². The van der Waals surface area contributed by atoms with Crippen molar-refractivity contribution in [2.45, 2.75) is 32.2 Å². The number of fused-ring (bicyclic) bond motifs is 3. The summed E-state index contributed by atoms with van der Waals surface area (Å²) in [6, 6.07) is 19.1. The van der Waals surface area contributed by atoms with Crippen LogP contribution in [0.2, 0.25) is 0 Å². The van der Waals surface area contributed by atoms with Gasteiger partial charge in [-0.15, -0.1) is 0 Å². The van der Waals surface area contributed by atoms with E-state index < -0.39 is 0 Å². The van der Waals surface area contributed by atoms with Gasteiger partial charge in [-0.3, -0.25) is 0 Å². The van der Waals surface area contributed by atoms with Crippen LogP contribution in [0.15, 0.2) is 59.8 Å². The Bertz CT molecular complexity index is 862. The minimum Gasteiger partial charge on any atom is -0.411 e. The molecule has 3 heteroatoms. The van der Waals surface area contributed by atoms with Crippen LogP contribution in [0, 0.1) is 0 Å². The van der Waals surface area contributed by atoms with Crippen LogP contribution >= 0.6 is 0 Å². The molecule has 2 aromatic carbocycles. The highest BCUT2D eigenvalue weighted by molar-refractivity contribution is 6.12. The molecule has 4 rings (SSSR count). The first kappa shape index (κ1) is 14.1. The molecule has 0 amide bonds. The number of hydrogen-bond donors (Lipinski definition) is 1. The molecule has 0 aliphatic heterocycles. The Balaban J connectivity index is 1.80. The molecule has 0 radical (unpaired) electrons. The van der Waals surface area contributed by atoms with Crippen LogP contribution in [-0.2, 0) is 19.4 Å². The van der Waals surface area contributed by atoms with Crippen molar-refractivity contribution >= 4 is 16.6 Å². The molecule has 0 spiro atoms. The first-order valence-electron chi connectivity index (χ1n) is 8.24. The molecular weight excluding hydrogens is 284 g/mol. The van der Waals surface area contributed by atoms with Crippen LogP contribution in [0.3, 0.4) is 0 Å². The Morgan fingerprint density at radius 2 is 1.74 bits per heavy atom. The van der Waals surface area contributed by atoms with Crippen molar-refractivity contribution in [3.05, 3.63) is 71.4 Å². The second-order valence-electron chi connectivity index (χ2n) is 6.13. The number of aryl methyl sites for hydroxylation is 2. The summed E-state index contributed by atoms with van der Waals surface area (Å²) in [6.45, 7) is 0.957. The van der Waals surface area contributed by atoms with Crippen molar-refractivity contribution in [3.8, 4) is 0 Å². The van der Waals surface area contributed by atoms with Gasteiger partial charge in [-0.1, -0.05) is 53.7 Å². The van der Waals surface area contributed by atoms with Crippen molar-refractivity contribution in [1.82, 2.24) is 4.57 Å². The Morgan fingerprint density at radius 1 is 0.957 bits per heavy atom. The lowest BCUT2D eigenvalue weighted by Gasteiger charge is -2.17. The van der Waals surface area contributed by atoms with Crippen LogP contribution < -0.4 is 0 Å².